The van der Waals surface area contributed by atoms with Crippen molar-refractivity contribution in [2.75, 3.05) is 13.2 Å². The van der Waals surface area contributed by atoms with Crippen molar-refractivity contribution < 1.29 is 19.1 Å². The molecular formula is C21H24N2O4S. The van der Waals surface area contributed by atoms with Gasteiger partial charge in [-0.1, -0.05) is 62.4 Å². The number of hydrogen-bond acceptors (Lipinski definition) is 5. The molecule has 7 heteroatoms. The van der Waals surface area contributed by atoms with Crippen LogP contribution in [-0.4, -0.2) is 31.1 Å². The Hall–Kier alpha value is -2.80. The molecule has 0 aliphatic rings. The largest absolute Gasteiger partial charge is 0.454 e. The van der Waals surface area contributed by atoms with Crippen LogP contribution in [0.4, 0.5) is 4.79 Å². The molecule has 0 bridgehead atoms. The molecule has 2 rings (SSSR count). The summed E-state index contributed by atoms with van der Waals surface area (Å²) in [5.41, 5.74) is 0.774. The molecular weight excluding hydrogens is 376 g/mol. The highest BCUT2D eigenvalue weighted by Gasteiger charge is 2.24. The lowest BCUT2D eigenvalue weighted by atomic mass is 10.1. The van der Waals surface area contributed by atoms with E-state index in [1.54, 1.807) is 0 Å². The average molecular weight is 401 g/mol. The quantitative estimate of drug-likeness (QED) is 0.523. The van der Waals surface area contributed by atoms with Crippen molar-refractivity contribution in [1.82, 2.24) is 10.6 Å². The molecule has 28 heavy (non-hydrogen) atoms. The van der Waals surface area contributed by atoms with Gasteiger partial charge in [0.2, 0.25) is 0 Å². The van der Waals surface area contributed by atoms with Crippen molar-refractivity contribution >= 4 is 29.7 Å². The first-order valence-corrected chi connectivity index (χ1v) is 9.84. The van der Waals surface area contributed by atoms with E-state index in [-0.39, 0.29) is 5.92 Å². The maximum Gasteiger partial charge on any atom is 0.324 e. The summed E-state index contributed by atoms with van der Waals surface area (Å²) >= 11 is 1.34. The molecule has 0 heterocycles. The maximum atomic E-state index is 12.6. The van der Waals surface area contributed by atoms with E-state index in [2.05, 4.69) is 10.6 Å². The Labute approximate surface area is 169 Å². The third kappa shape index (κ3) is 7.44. The van der Waals surface area contributed by atoms with E-state index < -0.39 is 29.8 Å². The van der Waals surface area contributed by atoms with Gasteiger partial charge >= 0.3 is 12.0 Å². The smallest absolute Gasteiger partial charge is 0.324 e. The van der Waals surface area contributed by atoms with Gasteiger partial charge in [-0.25, -0.2) is 4.79 Å². The second kappa shape index (κ2) is 11.1. The topological polar surface area (TPSA) is 84.5 Å². The molecule has 0 unspecified atom stereocenters. The Morgan fingerprint density at radius 2 is 1.57 bits per heavy atom. The highest BCUT2D eigenvalue weighted by atomic mass is 32.2. The standard InChI is InChI=1S/C21H24N2O4S/c1-15(2)13-22-21(26)23-18(24)14-27-20(25)19(16-9-5-3-6-10-16)28-17-11-7-4-8-12-17/h3-12,15,19H,13-14H2,1-2H3,(H2,22,23,24,26)/t19-/m1/s1. The molecule has 0 aromatic heterocycles. The fourth-order valence-corrected chi connectivity index (χ4v) is 3.28. The lowest BCUT2D eigenvalue weighted by molar-refractivity contribution is -0.147. The first-order valence-electron chi connectivity index (χ1n) is 8.96. The van der Waals surface area contributed by atoms with Crippen LogP contribution >= 0.6 is 11.8 Å². The minimum Gasteiger partial charge on any atom is -0.454 e. The van der Waals surface area contributed by atoms with E-state index in [1.165, 1.54) is 11.8 Å². The number of hydrogen-bond donors (Lipinski definition) is 2. The Morgan fingerprint density at radius 3 is 2.18 bits per heavy atom. The van der Waals surface area contributed by atoms with Gasteiger partial charge in [0.15, 0.2) is 6.61 Å². The van der Waals surface area contributed by atoms with Crippen molar-refractivity contribution in [2.45, 2.75) is 24.0 Å². The van der Waals surface area contributed by atoms with Crippen LogP contribution in [0.3, 0.4) is 0 Å². The van der Waals surface area contributed by atoms with Crippen LogP contribution < -0.4 is 10.6 Å². The van der Waals surface area contributed by atoms with E-state index in [9.17, 15) is 14.4 Å². The molecule has 0 spiro atoms. The van der Waals surface area contributed by atoms with Crippen LogP contribution in [-0.2, 0) is 14.3 Å². The molecule has 0 aliphatic carbocycles. The summed E-state index contributed by atoms with van der Waals surface area (Å²) in [7, 11) is 0. The average Bonchev–Trinajstić information content (AvgIpc) is 2.70. The molecule has 6 nitrogen and oxygen atoms in total. The van der Waals surface area contributed by atoms with Gasteiger partial charge in [0.1, 0.15) is 5.25 Å². The number of amides is 3. The van der Waals surface area contributed by atoms with Crippen LogP contribution in [0.15, 0.2) is 65.6 Å². The number of esters is 1. The van der Waals surface area contributed by atoms with Gasteiger partial charge in [-0.2, -0.15) is 0 Å². The summed E-state index contributed by atoms with van der Waals surface area (Å²) in [4.78, 5) is 37.0. The van der Waals surface area contributed by atoms with Gasteiger partial charge in [-0.15, -0.1) is 11.8 Å². The van der Waals surface area contributed by atoms with Crippen molar-refractivity contribution in [3.8, 4) is 0 Å². The minimum atomic E-state index is -0.675. The minimum absolute atomic E-state index is 0.264. The molecule has 0 saturated heterocycles. The van der Waals surface area contributed by atoms with Crippen LogP contribution in [0.25, 0.3) is 0 Å². The monoisotopic (exact) mass is 400 g/mol. The third-order valence-electron chi connectivity index (χ3n) is 3.58. The zero-order chi connectivity index (χ0) is 20.4. The van der Waals surface area contributed by atoms with Crippen LogP contribution in [0.2, 0.25) is 0 Å². The Balaban J connectivity index is 1.95. The highest BCUT2D eigenvalue weighted by molar-refractivity contribution is 8.00. The van der Waals surface area contributed by atoms with Crippen molar-refractivity contribution in [3.05, 3.63) is 66.2 Å². The molecule has 1 atom stereocenters. The number of carbonyl (C=O) groups excluding carboxylic acids is 3. The third-order valence-corrected chi connectivity index (χ3v) is 4.83. The van der Waals surface area contributed by atoms with Gasteiger partial charge in [-0.05, 0) is 23.6 Å². The zero-order valence-electron chi connectivity index (χ0n) is 15.9. The Morgan fingerprint density at radius 1 is 0.964 bits per heavy atom. The van der Waals surface area contributed by atoms with Gasteiger partial charge in [0.05, 0.1) is 0 Å². The molecule has 3 amide bonds. The van der Waals surface area contributed by atoms with Crippen LogP contribution in [0, 0.1) is 5.92 Å². The SMILES string of the molecule is CC(C)CNC(=O)NC(=O)COC(=O)[C@H](Sc1ccccc1)c1ccccc1. The molecule has 2 aromatic carbocycles. The summed E-state index contributed by atoms with van der Waals surface area (Å²) in [6, 6.07) is 18.1. The number of ether oxygens (including phenoxy) is 1. The molecule has 0 radical (unpaired) electrons. The van der Waals surface area contributed by atoms with Crippen LogP contribution in [0.1, 0.15) is 24.7 Å². The number of nitrogens with one attached hydrogen (secondary N) is 2. The lowest BCUT2D eigenvalue weighted by Crippen LogP contribution is -2.42. The summed E-state index contributed by atoms with van der Waals surface area (Å²) in [5.74, 6) is -0.954. The maximum absolute atomic E-state index is 12.6. The second-order valence-electron chi connectivity index (χ2n) is 6.48. The summed E-state index contributed by atoms with van der Waals surface area (Å²) in [6.45, 7) is 3.81. The van der Waals surface area contributed by atoms with E-state index in [0.717, 1.165) is 10.5 Å². The van der Waals surface area contributed by atoms with E-state index in [1.807, 2.05) is 74.5 Å². The number of benzene rings is 2. The summed E-state index contributed by atoms with van der Waals surface area (Å²) < 4.78 is 5.17. The number of carbonyl (C=O) groups is 3. The Kier molecular flexibility index (Phi) is 8.55. The highest BCUT2D eigenvalue weighted by Crippen LogP contribution is 2.36. The normalized spacial score (nSPS) is 11.5. The zero-order valence-corrected chi connectivity index (χ0v) is 16.7. The molecule has 2 N–H and O–H groups in total. The second-order valence-corrected chi connectivity index (χ2v) is 7.66. The molecule has 0 aliphatic heterocycles. The van der Waals surface area contributed by atoms with Gasteiger partial charge in [0.25, 0.3) is 5.91 Å². The number of rotatable bonds is 8. The van der Waals surface area contributed by atoms with Crippen molar-refractivity contribution in [2.24, 2.45) is 5.92 Å². The molecule has 0 fully saturated rings. The fraction of sp³-hybridized carbons (Fsp3) is 0.286. The van der Waals surface area contributed by atoms with Gasteiger partial charge in [-0.3, -0.25) is 14.9 Å². The Bertz CT molecular complexity index is 782. The van der Waals surface area contributed by atoms with Crippen LogP contribution in [0.5, 0.6) is 0 Å². The summed E-state index contributed by atoms with van der Waals surface area (Å²) in [6.07, 6.45) is 0. The van der Waals surface area contributed by atoms with E-state index >= 15 is 0 Å². The number of urea groups is 1. The number of imide groups is 1. The molecule has 2 aromatic rings. The van der Waals surface area contributed by atoms with E-state index in [0.29, 0.717) is 6.54 Å². The number of thioether (sulfide) groups is 1. The molecule has 148 valence electrons. The predicted molar refractivity (Wildman–Crippen MR) is 109 cm³/mol. The first-order chi connectivity index (χ1) is 13.5. The van der Waals surface area contributed by atoms with Crippen molar-refractivity contribution in [3.63, 3.8) is 0 Å². The van der Waals surface area contributed by atoms with Gasteiger partial charge < -0.3 is 10.1 Å². The lowest BCUT2D eigenvalue weighted by Gasteiger charge is -2.16. The summed E-state index contributed by atoms with van der Waals surface area (Å²) in [5, 5.41) is 4.09. The van der Waals surface area contributed by atoms with Crippen molar-refractivity contribution in [1.29, 1.82) is 0 Å². The molecule has 0 saturated carbocycles. The fourth-order valence-electron chi connectivity index (χ4n) is 2.23. The van der Waals surface area contributed by atoms with Gasteiger partial charge in [0, 0.05) is 11.4 Å². The first kappa shape index (κ1) is 21.5. The predicted octanol–water partition coefficient (Wildman–Crippen LogP) is 3.55. The van der Waals surface area contributed by atoms with E-state index in [4.69, 9.17) is 4.74 Å².